The third-order valence-electron chi connectivity index (χ3n) is 4.28. The molecule has 1 fully saturated rings. The van der Waals surface area contributed by atoms with Gasteiger partial charge in [0.05, 0.1) is 0 Å². The van der Waals surface area contributed by atoms with Crippen LogP contribution in [0.4, 0.5) is 0 Å². The Balaban J connectivity index is 1.46. The van der Waals surface area contributed by atoms with Crippen molar-refractivity contribution in [2.45, 2.75) is 35.9 Å². The SMILES string of the molecule is O=C(CCc1cccnc1)N1CCC(NS(=O)(=O)c2cccs2)CC1. The van der Waals surface area contributed by atoms with Gasteiger partial charge in [0.1, 0.15) is 4.21 Å². The summed E-state index contributed by atoms with van der Waals surface area (Å²) in [4.78, 5) is 18.2. The van der Waals surface area contributed by atoms with Gasteiger partial charge in [0.25, 0.3) is 0 Å². The van der Waals surface area contributed by atoms with E-state index in [0.717, 1.165) is 5.56 Å². The van der Waals surface area contributed by atoms with Gasteiger partial charge in [0, 0.05) is 37.9 Å². The van der Waals surface area contributed by atoms with Crippen LogP contribution in [0, 0.1) is 0 Å². The molecule has 2 aromatic heterocycles. The largest absolute Gasteiger partial charge is 0.343 e. The fourth-order valence-electron chi connectivity index (χ4n) is 2.90. The number of hydrogen-bond donors (Lipinski definition) is 1. The predicted molar refractivity (Wildman–Crippen MR) is 96.8 cm³/mol. The Bertz CT molecular complexity index is 784. The summed E-state index contributed by atoms with van der Waals surface area (Å²) >= 11 is 1.21. The van der Waals surface area contributed by atoms with Crippen LogP contribution in [0.2, 0.25) is 0 Å². The van der Waals surface area contributed by atoms with Gasteiger partial charge < -0.3 is 4.90 Å². The number of sulfonamides is 1. The van der Waals surface area contributed by atoms with E-state index in [1.165, 1.54) is 11.3 Å². The van der Waals surface area contributed by atoms with Gasteiger partial charge in [-0.15, -0.1) is 11.3 Å². The fraction of sp³-hybridized carbons (Fsp3) is 0.412. The molecule has 0 aliphatic carbocycles. The molecule has 0 unspecified atom stereocenters. The highest BCUT2D eigenvalue weighted by Gasteiger charge is 2.26. The predicted octanol–water partition coefficient (Wildman–Crippen LogP) is 2.05. The average molecular weight is 380 g/mol. The molecule has 2 aromatic rings. The van der Waals surface area contributed by atoms with Crippen molar-refractivity contribution in [1.29, 1.82) is 0 Å². The minimum Gasteiger partial charge on any atom is -0.343 e. The molecule has 8 heteroatoms. The zero-order valence-electron chi connectivity index (χ0n) is 13.8. The number of amides is 1. The Morgan fingerprint density at radius 3 is 2.72 bits per heavy atom. The van der Waals surface area contributed by atoms with Gasteiger partial charge >= 0.3 is 0 Å². The number of nitrogens with zero attached hydrogens (tertiary/aromatic N) is 2. The minimum absolute atomic E-state index is 0.114. The Morgan fingerprint density at radius 2 is 2.08 bits per heavy atom. The highest BCUT2D eigenvalue weighted by molar-refractivity contribution is 7.91. The van der Waals surface area contributed by atoms with Crippen molar-refractivity contribution >= 4 is 27.3 Å². The minimum atomic E-state index is -3.44. The first-order chi connectivity index (χ1) is 12.0. The van der Waals surface area contributed by atoms with Crippen LogP contribution in [-0.2, 0) is 21.2 Å². The Labute approximate surface area is 151 Å². The molecule has 3 heterocycles. The number of thiophene rings is 1. The van der Waals surface area contributed by atoms with Crippen LogP contribution in [0.3, 0.4) is 0 Å². The molecule has 0 saturated carbocycles. The van der Waals surface area contributed by atoms with Crippen LogP contribution >= 0.6 is 11.3 Å². The first-order valence-corrected chi connectivity index (χ1v) is 10.6. The van der Waals surface area contributed by atoms with Crippen LogP contribution in [0.15, 0.2) is 46.2 Å². The lowest BCUT2D eigenvalue weighted by molar-refractivity contribution is -0.132. The maximum Gasteiger partial charge on any atom is 0.250 e. The van der Waals surface area contributed by atoms with E-state index in [-0.39, 0.29) is 11.9 Å². The maximum atomic E-state index is 12.3. The Hall–Kier alpha value is -1.77. The maximum absolute atomic E-state index is 12.3. The summed E-state index contributed by atoms with van der Waals surface area (Å²) < 4.78 is 27.6. The lowest BCUT2D eigenvalue weighted by Crippen LogP contribution is -2.46. The van der Waals surface area contributed by atoms with E-state index >= 15 is 0 Å². The first kappa shape index (κ1) is 18.0. The van der Waals surface area contributed by atoms with Crippen LogP contribution in [0.1, 0.15) is 24.8 Å². The van der Waals surface area contributed by atoms with Crippen molar-refractivity contribution in [3.05, 3.63) is 47.6 Å². The van der Waals surface area contributed by atoms with E-state index in [1.807, 2.05) is 17.0 Å². The molecule has 134 valence electrons. The van der Waals surface area contributed by atoms with Crippen LogP contribution in [0.5, 0.6) is 0 Å². The molecule has 1 amide bonds. The van der Waals surface area contributed by atoms with Crippen molar-refractivity contribution in [2.75, 3.05) is 13.1 Å². The summed E-state index contributed by atoms with van der Waals surface area (Å²) in [6, 6.07) is 7.04. The van der Waals surface area contributed by atoms with E-state index in [2.05, 4.69) is 9.71 Å². The molecule has 0 atom stereocenters. The van der Waals surface area contributed by atoms with Crippen LogP contribution in [0.25, 0.3) is 0 Å². The molecule has 1 saturated heterocycles. The van der Waals surface area contributed by atoms with Gasteiger partial charge in [-0.25, -0.2) is 13.1 Å². The van der Waals surface area contributed by atoms with Crippen molar-refractivity contribution < 1.29 is 13.2 Å². The van der Waals surface area contributed by atoms with Crippen LogP contribution in [-0.4, -0.2) is 43.3 Å². The smallest absolute Gasteiger partial charge is 0.250 e. The topological polar surface area (TPSA) is 79.4 Å². The van der Waals surface area contributed by atoms with Gasteiger partial charge in [-0.05, 0) is 42.3 Å². The van der Waals surface area contributed by atoms with Crippen molar-refractivity contribution in [3.63, 3.8) is 0 Å². The summed E-state index contributed by atoms with van der Waals surface area (Å²) in [6.45, 7) is 1.17. The number of rotatable bonds is 6. The van der Waals surface area contributed by atoms with Gasteiger partial charge in [0.15, 0.2) is 0 Å². The fourth-order valence-corrected chi connectivity index (χ4v) is 5.21. The molecular formula is C17H21N3O3S2. The van der Waals surface area contributed by atoms with Gasteiger partial charge in [-0.2, -0.15) is 0 Å². The number of hydrogen-bond acceptors (Lipinski definition) is 5. The third-order valence-corrected chi connectivity index (χ3v) is 7.20. The highest BCUT2D eigenvalue weighted by atomic mass is 32.2. The Morgan fingerprint density at radius 1 is 1.28 bits per heavy atom. The molecular weight excluding hydrogens is 358 g/mol. The Kier molecular flexibility index (Phi) is 5.82. The summed E-state index contributed by atoms with van der Waals surface area (Å²) in [5, 5.41) is 1.75. The molecule has 6 nitrogen and oxygen atoms in total. The highest BCUT2D eigenvalue weighted by Crippen LogP contribution is 2.19. The number of carbonyl (C=O) groups excluding carboxylic acids is 1. The quantitative estimate of drug-likeness (QED) is 0.833. The standard InChI is InChI=1S/C17H21N3O3S2/c21-16(6-5-14-3-1-9-18-13-14)20-10-7-15(8-11-20)19-25(22,23)17-4-2-12-24-17/h1-4,9,12-13,15,19H,5-8,10-11H2. The molecule has 1 aliphatic heterocycles. The van der Waals surface area contributed by atoms with Crippen molar-refractivity contribution in [2.24, 2.45) is 0 Å². The number of nitrogens with one attached hydrogen (secondary N) is 1. The lowest BCUT2D eigenvalue weighted by atomic mass is 10.0. The number of likely N-dealkylation sites (tertiary alicyclic amines) is 1. The second-order valence-electron chi connectivity index (χ2n) is 6.07. The van der Waals surface area contributed by atoms with Gasteiger partial charge in [-0.1, -0.05) is 12.1 Å². The average Bonchev–Trinajstić information content (AvgIpc) is 3.17. The normalized spacial score (nSPS) is 16.1. The molecule has 1 aliphatic rings. The first-order valence-electron chi connectivity index (χ1n) is 8.27. The lowest BCUT2D eigenvalue weighted by Gasteiger charge is -2.32. The van der Waals surface area contributed by atoms with Crippen molar-refractivity contribution in [1.82, 2.24) is 14.6 Å². The molecule has 25 heavy (non-hydrogen) atoms. The number of pyridine rings is 1. The summed E-state index contributed by atoms with van der Waals surface area (Å²) in [7, 11) is -3.44. The zero-order valence-corrected chi connectivity index (χ0v) is 15.4. The van der Waals surface area contributed by atoms with E-state index in [1.54, 1.807) is 29.9 Å². The van der Waals surface area contributed by atoms with Crippen molar-refractivity contribution in [3.8, 4) is 0 Å². The van der Waals surface area contributed by atoms with E-state index in [9.17, 15) is 13.2 Å². The summed E-state index contributed by atoms with van der Waals surface area (Å²) in [6.07, 6.45) is 5.91. The molecule has 0 aromatic carbocycles. The molecule has 0 spiro atoms. The van der Waals surface area contributed by atoms with E-state index < -0.39 is 10.0 Å². The number of piperidine rings is 1. The molecule has 1 N–H and O–H groups in total. The van der Waals surface area contributed by atoms with E-state index in [4.69, 9.17) is 0 Å². The number of carbonyl (C=O) groups is 1. The summed E-state index contributed by atoms with van der Waals surface area (Å²) in [5.74, 6) is 0.114. The second kappa shape index (κ2) is 8.07. The summed E-state index contributed by atoms with van der Waals surface area (Å²) in [5.41, 5.74) is 1.05. The molecule has 0 radical (unpaired) electrons. The van der Waals surface area contributed by atoms with Gasteiger partial charge in [0.2, 0.25) is 15.9 Å². The monoisotopic (exact) mass is 379 g/mol. The zero-order chi connectivity index (χ0) is 17.7. The second-order valence-corrected chi connectivity index (χ2v) is 8.96. The molecule has 0 bridgehead atoms. The van der Waals surface area contributed by atoms with E-state index in [0.29, 0.717) is 43.0 Å². The third kappa shape index (κ3) is 4.87. The van der Waals surface area contributed by atoms with Gasteiger partial charge in [-0.3, -0.25) is 9.78 Å². The number of aromatic nitrogens is 1. The molecule has 3 rings (SSSR count). The van der Waals surface area contributed by atoms with Crippen LogP contribution < -0.4 is 4.72 Å². The number of aryl methyl sites for hydroxylation is 1.